The van der Waals surface area contributed by atoms with E-state index in [9.17, 15) is 4.39 Å². The largest absolute Gasteiger partial charge is 0.435 e. The van der Waals surface area contributed by atoms with Gasteiger partial charge in [-0.05, 0) is 34.1 Å². The van der Waals surface area contributed by atoms with E-state index in [2.05, 4.69) is 20.9 Å². The van der Waals surface area contributed by atoms with Gasteiger partial charge in [-0.15, -0.1) is 11.6 Å². The van der Waals surface area contributed by atoms with Crippen molar-refractivity contribution in [2.45, 2.75) is 5.88 Å². The van der Waals surface area contributed by atoms with Crippen LogP contribution in [-0.2, 0) is 5.88 Å². The topological polar surface area (TPSA) is 22.1 Å². The molecule has 1 heterocycles. The van der Waals surface area contributed by atoms with E-state index in [-0.39, 0.29) is 11.8 Å². The third-order valence-electron chi connectivity index (χ3n) is 2.12. The third kappa shape index (κ3) is 2.76. The van der Waals surface area contributed by atoms with E-state index >= 15 is 0 Å². The Morgan fingerprint density at radius 2 is 2.06 bits per heavy atom. The number of rotatable bonds is 3. The Labute approximate surface area is 112 Å². The molecule has 1 aromatic carbocycles. The average Bonchev–Trinajstić information content (AvgIpc) is 2.34. The van der Waals surface area contributed by atoms with Gasteiger partial charge < -0.3 is 4.74 Å². The summed E-state index contributed by atoms with van der Waals surface area (Å²) in [5, 5.41) is 0. The maximum Gasteiger partial charge on any atom is 0.256 e. The molecule has 2 aromatic rings. The number of benzene rings is 1. The van der Waals surface area contributed by atoms with Crippen LogP contribution in [0.5, 0.6) is 11.6 Å². The lowest BCUT2D eigenvalue weighted by atomic mass is 10.3. The molecule has 0 amide bonds. The molecule has 5 heteroatoms. The highest BCUT2D eigenvalue weighted by Crippen LogP contribution is 2.30. The summed E-state index contributed by atoms with van der Waals surface area (Å²) in [4.78, 5) is 3.85. The predicted molar refractivity (Wildman–Crippen MR) is 68.0 cm³/mol. The SMILES string of the molecule is Fc1c(CCl)ccnc1Oc1ccccc1Br. The van der Waals surface area contributed by atoms with Crippen molar-refractivity contribution in [1.29, 1.82) is 0 Å². The van der Waals surface area contributed by atoms with Crippen molar-refractivity contribution in [3.05, 3.63) is 52.4 Å². The van der Waals surface area contributed by atoms with Crippen molar-refractivity contribution in [2.24, 2.45) is 0 Å². The van der Waals surface area contributed by atoms with Gasteiger partial charge in [-0.1, -0.05) is 12.1 Å². The van der Waals surface area contributed by atoms with Crippen molar-refractivity contribution in [3.8, 4) is 11.6 Å². The fourth-order valence-corrected chi connectivity index (χ4v) is 1.84. The second-order valence-corrected chi connectivity index (χ2v) is 4.38. The van der Waals surface area contributed by atoms with Crippen LogP contribution in [0.25, 0.3) is 0 Å². The van der Waals surface area contributed by atoms with E-state index in [0.717, 1.165) is 4.47 Å². The Hall–Kier alpha value is -1.13. The summed E-state index contributed by atoms with van der Waals surface area (Å²) < 4.78 is 19.9. The standard InChI is InChI=1S/C12H8BrClFNO/c13-9-3-1-2-4-10(9)17-12-11(15)8(7-14)5-6-16-12/h1-6H,7H2. The average molecular weight is 317 g/mol. The van der Waals surface area contributed by atoms with Gasteiger partial charge in [0.2, 0.25) is 0 Å². The van der Waals surface area contributed by atoms with Crippen LogP contribution < -0.4 is 4.74 Å². The van der Waals surface area contributed by atoms with Crippen molar-refractivity contribution < 1.29 is 9.13 Å². The second-order valence-electron chi connectivity index (χ2n) is 3.26. The van der Waals surface area contributed by atoms with Gasteiger partial charge in [0.25, 0.3) is 5.88 Å². The summed E-state index contributed by atoms with van der Waals surface area (Å²) in [5.41, 5.74) is 0.365. The number of nitrogens with zero attached hydrogens (tertiary/aromatic N) is 1. The normalized spacial score (nSPS) is 10.3. The molecule has 17 heavy (non-hydrogen) atoms. The van der Waals surface area contributed by atoms with Crippen LogP contribution in [0.2, 0.25) is 0 Å². The number of ether oxygens (including phenoxy) is 1. The number of hydrogen-bond donors (Lipinski definition) is 0. The quantitative estimate of drug-likeness (QED) is 0.777. The highest BCUT2D eigenvalue weighted by Gasteiger charge is 2.12. The van der Waals surface area contributed by atoms with E-state index in [1.54, 1.807) is 18.2 Å². The molecule has 0 radical (unpaired) electrons. The maximum absolute atomic E-state index is 13.8. The van der Waals surface area contributed by atoms with Gasteiger partial charge in [0, 0.05) is 11.8 Å². The lowest BCUT2D eigenvalue weighted by Gasteiger charge is -2.08. The molecule has 0 unspecified atom stereocenters. The number of aromatic nitrogens is 1. The zero-order valence-corrected chi connectivity index (χ0v) is 11.0. The first-order chi connectivity index (χ1) is 8.22. The number of pyridine rings is 1. The summed E-state index contributed by atoms with van der Waals surface area (Å²) >= 11 is 8.92. The van der Waals surface area contributed by atoms with E-state index in [1.807, 2.05) is 6.07 Å². The highest BCUT2D eigenvalue weighted by molar-refractivity contribution is 9.10. The monoisotopic (exact) mass is 315 g/mol. The molecule has 0 saturated heterocycles. The van der Waals surface area contributed by atoms with Gasteiger partial charge in [-0.2, -0.15) is 0 Å². The Bertz CT molecular complexity index is 536. The summed E-state index contributed by atoms with van der Waals surface area (Å²) in [7, 11) is 0. The van der Waals surface area contributed by atoms with Gasteiger partial charge >= 0.3 is 0 Å². The molecule has 0 aliphatic heterocycles. The number of hydrogen-bond acceptors (Lipinski definition) is 2. The maximum atomic E-state index is 13.8. The molecule has 2 rings (SSSR count). The highest BCUT2D eigenvalue weighted by atomic mass is 79.9. The number of halogens is 3. The molecule has 0 atom stereocenters. The lowest BCUT2D eigenvalue weighted by molar-refractivity contribution is 0.418. The molecule has 0 saturated carbocycles. The van der Waals surface area contributed by atoms with E-state index in [0.29, 0.717) is 11.3 Å². The molecule has 88 valence electrons. The lowest BCUT2D eigenvalue weighted by Crippen LogP contribution is -1.96. The van der Waals surface area contributed by atoms with Gasteiger partial charge in [0.05, 0.1) is 10.4 Å². The summed E-state index contributed by atoms with van der Waals surface area (Å²) in [6.45, 7) is 0. The van der Waals surface area contributed by atoms with Crippen LogP contribution in [0.15, 0.2) is 41.0 Å². The molecule has 0 spiro atoms. The molecule has 0 aliphatic carbocycles. The summed E-state index contributed by atoms with van der Waals surface area (Å²) in [5.74, 6) is -0.0142. The van der Waals surface area contributed by atoms with Crippen molar-refractivity contribution in [2.75, 3.05) is 0 Å². The first-order valence-electron chi connectivity index (χ1n) is 4.84. The minimum absolute atomic E-state index is 0.0740. The minimum Gasteiger partial charge on any atom is -0.435 e. The first kappa shape index (κ1) is 12.3. The summed E-state index contributed by atoms with van der Waals surface area (Å²) in [6.07, 6.45) is 1.47. The van der Waals surface area contributed by atoms with Gasteiger partial charge in [-0.3, -0.25) is 0 Å². The first-order valence-corrected chi connectivity index (χ1v) is 6.17. The van der Waals surface area contributed by atoms with Crippen molar-refractivity contribution >= 4 is 27.5 Å². The zero-order valence-electron chi connectivity index (χ0n) is 8.66. The van der Waals surface area contributed by atoms with E-state index in [1.165, 1.54) is 12.3 Å². The molecule has 0 N–H and O–H groups in total. The van der Waals surface area contributed by atoms with Gasteiger partial charge in [0.1, 0.15) is 5.75 Å². The van der Waals surface area contributed by atoms with Crippen LogP contribution in [0, 0.1) is 5.82 Å². The molecule has 0 fully saturated rings. The predicted octanol–water partition coefficient (Wildman–Crippen LogP) is 4.51. The molecular formula is C12H8BrClFNO. The van der Waals surface area contributed by atoms with Crippen LogP contribution in [0.4, 0.5) is 4.39 Å². The van der Waals surface area contributed by atoms with Crippen LogP contribution in [0.1, 0.15) is 5.56 Å². The Kier molecular flexibility index (Phi) is 3.97. The van der Waals surface area contributed by atoms with Crippen LogP contribution in [0.3, 0.4) is 0 Å². The number of para-hydroxylation sites is 1. The third-order valence-corrected chi connectivity index (χ3v) is 3.07. The van der Waals surface area contributed by atoms with Gasteiger partial charge in [0.15, 0.2) is 5.82 Å². The van der Waals surface area contributed by atoms with Gasteiger partial charge in [-0.25, -0.2) is 9.37 Å². The van der Waals surface area contributed by atoms with E-state index in [4.69, 9.17) is 16.3 Å². The van der Waals surface area contributed by atoms with Crippen molar-refractivity contribution in [3.63, 3.8) is 0 Å². The fraction of sp³-hybridized carbons (Fsp3) is 0.0833. The van der Waals surface area contributed by atoms with Crippen LogP contribution >= 0.6 is 27.5 Å². The molecule has 0 bridgehead atoms. The Morgan fingerprint density at radius 3 is 2.76 bits per heavy atom. The minimum atomic E-state index is -0.529. The Balaban J connectivity index is 2.34. The fourth-order valence-electron chi connectivity index (χ4n) is 1.27. The summed E-state index contributed by atoms with van der Waals surface area (Å²) in [6, 6.07) is 8.69. The molecule has 0 aliphatic rings. The smallest absolute Gasteiger partial charge is 0.256 e. The second kappa shape index (κ2) is 5.47. The molecule has 1 aromatic heterocycles. The molecule has 2 nitrogen and oxygen atoms in total. The Morgan fingerprint density at radius 1 is 1.29 bits per heavy atom. The molecular weight excluding hydrogens is 308 g/mol. The van der Waals surface area contributed by atoms with E-state index < -0.39 is 5.82 Å². The zero-order chi connectivity index (χ0) is 12.3. The number of alkyl halides is 1. The van der Waals surface area contributed by atoms with Crippen molar-refractivity contribution in [1.82, 2.24) is 4.98 Å². The van der Waals surface area contributed by atoms with Crippen LogP contribution in [-0.4, -0.2) is 4.98 Å².